The number of nitrogens with two attached hydrogens (primary N) is 1. The largest absolute Gasteiger partial charge is 0.397 e. The lowest BCUT2D eigenvalue weighted by molar-refractivity contribution is 1.59. The molecule has 0 spiro atoms. The van der Waals surface area contributed by atoms with Gasteiger partial charge in [0.1, 0.15) is 0 Å². The Labute approximate surface area is 91.1 Å². The van der Waals surface area contributed by atoms with Gasteiger partial charge in [-0.2, -0.15) is 0 Å². The molecule has 0 amide bonds. The molecule has 0 fully saturated rings. The average molecular weight is 320 g/mol. The van der Waals surface area contributed by atoms with Gasteiger partial charge in [0.25, 0.3) is 0 Å². The second-order valence-electron chi connectivity index (χ2n) is 1.88. The van der Waals surface area contributed by atoms with Crippen molar-refractivity contribution in [1.29, 1.82) is 0 Å². The molecule has 0 aliphatic rings. The van der Waals surface area contributed by atoms with Crippen LogP contribution >= 0.6 is 55.1 Å². The minimum absolute atomic E-state index is 0.458. The maximum absolute atomic E-state index is 5.82. The summed E-state index contributed by atoms with van der Waals surface area (Å²) in [7, 11) is 0. The van der Waals surface area contributed by atoms with Crippen LogP contribution in [0.4, 0.5) is 5.69 Å². The van der Waals surface area contributed by atoms with Crippen LogP contribution in [-0.2, 0) is 0 Å². The molecule has 0 aliphatic carbocycles. The Bertz CT molecular complexity index is 275. The van der Waals surface area contributed by atoms with Crippen LogP contribution < -0.4 is 5.73 Å². The SMILES string of the molecule is Nc1c(Cl)cc(Br)c(Cl)c1Br. The van der Waals surface area contributed by atoms with E-state index >= 15 is 0 Å². The normalized spacial score (nSPS) is 10.2. The van der Waals surface area contributed by atoms with E-state index in [1.54, 1.807) is 6.07 Å². The molecule has 0 saturated heterocycles. The van der Waals surface area contributed by atoms with Gasteiger partial charge in [-0.15, -0.1) is 0 Å². The van der Waals surface area contributed by atoms with Crippen molar-refractivity contribution in [1.82, 2.24) is 0 Å². The molecular weight excluding hydrogens is 317 g/mol. The number of benzene rings is 1. The summed E-state index contributed by atoms with van der Waals surface area (Å²) in [6.45, 7) is 0. The second kappa shape index (κ2) is 3.52. The highest BCUT2D eigenvalue weighted by Crippen LogP contribution is 2.39. The number of anilines is 1. The van der Waals surface area contributed by atoms with Gasteiger partial charge in [0.05, 0.1) is 20.2 Å². The van der Waals surface area contributed by atoms with Gasteiger partial charge in [-0.3, -0.25) is 0 Å². The van der Waals surface area contributed by atoms with Gasteiger partial charge in [0, 0.05) is 4.47 Å². The zero-order valence-electron chi connectivity index (χ0n) is 5.17. The van der Waals surface area contributed by atoms with Gasteiger partial charge in [0.15, 0.2) is 0 Å². The summed E-state index contributed by atoms with van der Waals surface area (Å²) in [6.07, 6.45) is 0. The zero-order valence-corrected chi connectivity index (χ0v) is 9.85. The van der Waals surface area contributed by atoms with Gasteiger partial charge < -0.3 is 5.73 Å². The minimum Gasteiger partial charge on any atom is -0.397 e. The third kappa shape index (κ3) is 1.83. The Hall–Kier alpha value is 0.560. The Morgan fingerprint density at radius 1 is 1.27 bits per heavy atom. The van der Waals surface area contributed by atoms with Crippen molar-refractivity contribution in [3.63, 3.8) is 0 Å². The van der Waals surface area contributed by atoms with Crippen LogP contribution in [0, 0.1) is 0 Å². The molecule has 1 nitrogen and oxygen atoms in total. The smallest absolute Gasteiger partial charge is 0.0712 e. The highest BCUT2D eigenvalue weighted by atomic mass is 79.9. The Balaban J connectivity index is 3.46. The first kappa shape index (κ1) is 9.65. The molecule has 0 aromatic heterocycles. The molecule has 0 unspecified atom stereocenters. The van der Waals surface area contributed by atoms with Crippen LogP contribution in [0.1, 0.15) is 0 Å². The summed E-state index contributed by atoms with van der Waals surface area (Å²) in [5.74, 6) is 0. The molecule has 0 heterocycles. The minimum atomic E-state index is 0.458. The molecular formula is C6H3Br2Cl2N. The number of rotatable bonds is 0. The van der Waals surface area contributed by atoms with E-state index < -0.39 is 0 Å². The monoisotopic (exact) mass is 317 g/mol. The van der Waals surface area contributed by atoms with Gasteiger partial charge >= 0.3 is 0 Å². The fourth-order valence-electron chi connectivity index (χ4n) is 0.580. The van der Waals surface area contributed by atoms with Crippen LogP contribution in [-0.4, -0.2) is 0 Å². The number of halogens is 4. The maximum atomic E-state index is 5.82. The first-order valence-corrected chi connectivity index (χ1v) is 4.96. The van der Waals surface area contributed by atoms with E-state index in [4.69, 9.17) is 28.9 Å². The molecule has 2 N–H and O–H groups in total. The van der Waals surface area contributed by atoms with Crippen LogP contribution in [0.5, 0.6) is 0 Å². The van der Waals surface area contributed by atoms with E-state index in [0.717, 1.165) is 4.47 Å². The lowest BCUT2D eigenvalue weighted by Gasteiger charge is -2.04. The summed E-state index contributed by atoms with van der Waals surface area (Å²) in [5, 5.41) is 1.01. The molecule has 0 radical (unpaired) electrons. The van der Waals surface area contributed by atoms with Crippen molar-refractivity contribution < 1.29 is 0 Å². The Morgan fingerprint density at radius 2 is 1.82 bits per heavy atom. The molecule has 0 saturated carbocycles. The van der Waals surface area contributed by atoms with E-state index in [1.807, 2.05) is 0 Å². The van der Waals surface area contributed by atoms with Crippen molar-refractivity contribution in [2.75, 3.05) is 5.73 Å². The Morgan fingerprint density at radius 3 is 2.36 bits per heavy atom. The molecule has 0 atom stereocenters. The van der Waals surface area contributed by atoms with Crippen molar-refractivity contribution in [3.8, 4) is 0 Å². The summed E-state index contributed by atoms with van der Waals surface area (Å²) in [5.41, 5.74) is 6.03. The standard InChI is InChI=1S/C6H3Br2Cl2N/c7-2-1-3(9)6(11)4(8)5(2)10/h1H,11H2. The third-order valence-electron chi connectivity index (χ3n) is 1.15. The van der Waals surface area contributed by atoms with E-state index in [2.05, 4.69) is 31.9 Å². The maximum Gasteiger partial charge on any atom is 0.0712 e. The number of hydrogen-bond donors (Lipinski definition) is 1. The second-order valence-corrected chi connectivity index (χ2v) is 4.31. The first-order chi connectivity index (χ1) is 5.04. The van der Waals surface area contributed by atoms with Crippen LogP contribution in [0.2, 0.25) is 10.0 Å². The topological polar surface area (TPSA) is 26.0 Å². The van der Waals surface area contributed by atoms with Crippen molar-refractivity contribution in [3.05, 3.63) is 25.1 Å². The molecule has 1 rings (SSSR count). The third-order valence-corrected chi connectivity index (χ3v) is 3.76. The van der Waals surface area contributed by atoms with Crippen molar-refractivity contribution >= 4 is 60.7 Å². The fraction of sp³-hybridized carbons (Fsp3) is 0. The van der Waals surface area contributed by atoms with E-state index in [9.17, 15) is 0 Å². The van der Waals surface area contributed by atoms with Gasteiger partial charge in [0.2, 0.25) is 0 Å². The van der Waals surface area contributed by atoms with Gasteiger partial charge in [-0.25, -0.2) is 0 Å². The fourth-order valence-corrected chi connectivity index (χ4v) is 2.31. The summed E-state index contributed by atoms with van der Waals surface area (Å²) >= 11 is 18.0. The summed E-state index contributed by atoms with van der Waals surface area (Å²) < 4.78 is 1.35. The summed E-state index contributed by atoms with van der Waals surface area (Å²) in [4.78, 5) is 0. The Kier molecular flexibility index (Phi) is 3.09. The van der Waals surface area contributed by atoms with E-state index in [-0.39, 0.29) is 0 Å². The van der Waals surface area contributed by atoms with Crippen molar-refractivity contribution in [2.45, 2.75) is 0 Å². The molecule has 1 aromatic rings. The van der Waals surface area contributed by atoms with Crippen LogP contribution in [0.3, 0.4) is 0 Å². The molecule has 5 heteroatoms. The number of nitrogen functional groups attached to an aromatic ring is 1. The van der Waals surface area contributed by atoms with Gasteiger partial charge in [-0.05, 0) is 37.9 Å². The highest BCUT2D eigenvalue weighted by Gasteiger charge is 2.09. The molecule has 1 aromatic carbocycles. The quantitative estimate of drug-likeness (QED) is 0.435. The predicted molar refractivity (Wildman–Crippen MR) is 56.3 cm³/mol. The van der Waals surface area contributed by atoms with Gasteiger partial charge in [-0.1, -0.05) is 23.2 Å². The number of hydrogen-bond acceptors (Lipinski definition) is 1. The predicted octanol–water partition coefficient (Wildman–Crippen LogP) is 4.10. The molecule has 11 heavy (non-hydrogen) atoms. The van der Waals surface area contributed by atoms with Crippen molar-refractivity contribution in [2.24, 2.45) is 0 Å². The van der Waals surface area contributed by atoms with E-state index in [0.29, 0.717) is 20.2 Å². The lowest BCUT2D eigenvalue weighted by atomic mass is 10.3. The molecule has 0 aliphatic heterocycles. The lowest BCUT2D eigenvalue weighted by Crippen LogP contribution is -1.89. The highest BCUT2D eigenvalue weighted by molar-refractivity contribution is 9.11. The molecule has 60 valence electrons. The first-order valence-electron chi connectivity index (χ1n) is 2.62. The van der Waals surface area contributed by atoms with E-state index in [1.165, 1.54) is 0 Å². The summed E-state index contributed by atoms with van der Waals surface area (Å²) in [6, 6.07) is 1.66. The molecule has 0 bridgehead atoms. The zero-order chi connectivity index (χ0) is 8.59. The average Bonchev–Trinajstić information content (AvgIpc) is 1.97. The van der Waals surface area contributed by atoms with Crippen LogP contribution in [0.15, 0.2) is 15.0 Å². The van der Waals surface area contributed by atoms with Crippen LogP contribution in [0.25, 0.3) is 0 Å².